The number of hydrogen-bond donors (Lipinski definition) is 2. The summed E-state index contributed by atoms with van der Waals surface area (Å²) in [5.41, 5.74) is 10.7. The van der Waals surface area contributed by atoms with Gasteiger partial charge in [-0.3, -0.25) is 4.84 Å². The van der Waals surface area contributed by atoms with Crippen LogP contribution in [-0.2, 0) is 17.8 Å². The monoisotopic (exact) mass is 428 g/mol. The van der Waals surface area contributed by atoms with E-state index in [1.54, 1.807) is 0 Å². The highest BCUT2D eigenvalue weighted by Gasteiger charge is 2.21. The van der Waals surface area contributed by atoms with Gasteiger partial charge in [0.05, 0.1) is 35.0 Å². The molecule has 1 saturated heterocycles. The van der Waals surface area contributed by atoms with Gasteiger partial charge in [0.15, 0.2) is 0 Å². The molecule has 7 heteroatoms. The predicted molar refractivity (Wildman–Crippen MR) is 126 cm³/mol. The Bertz CT molecular complexity index is 1150. The smallest absolute Gasteiger partial charge is 0.0994 e. The van der Waals surface area contributed by atoms with E-state index in [0.29, 0.717) is 18.1 Å². The Morgan fingerprint density at radius 3 is 2.78 bits per heavy atom. The summed E-state index contributed by atoms with van der Waals surface area (Å²) in [4.78, 5) is 10.6. The molecule has 4 rings (SSSR count). The highest BCUT2D eigenvalue weighted by atomic mass is 16.7. The van der Waals surface area contributed by atoms with Crippen LogP contribution in [0.1, 0.15) is 29.7 Å². The number of nitriles is 1. The van der Waals surface area contributed by atoms with E-state index >= 15 is 0 Å². The Morgan fingerprint density at radius 2 is 2.03 bits per heavy atom. The number of nitrogens with two attached hydrogens (primary N) is 1. The van der Waals surface area contributed by atoms with Crippen LogP contribution in [0.2, 0.25) is 0 Å². The lowest BCUT2D eigenvalue weighted by molar-refractivity contribution is -0.173. The van der Waals surface area contributed by atoms with Gasteiger partial charge in [-0.05, 0) is 55.0 Å². The summed E-state index contributed by atoms with van der Waals surface area (Å²) in [6, 6.07) is 15.9. The maximum Gasteiger partial charge on any atom is 0.0994 e. The van der Waals surface area contributed by atoms with E-state index < -0.39 is 0 Å². The van der Waals surface area contributed by atoms with Gasteiger partial charge >= 0.3 is 0 Å². The van der Waals surface area contributed by atoms with Crippen molar-refractivity contribution in [3.8, 4) is 6.07 Å². The largest absolute Gasteiger partial charge is 0.404 e. The number of pyridine rings is 1. The molecule has 0 spiro atoms. The minimum absolute atomic E-state index is 0.588. The van der Waals surface area contributed by atoms with Gasteiger partial charge in [0, 0.05) is 43.8 Å². The Labute approximate surface area is 188 Å². The number of aromatic nitrogens is 2. The molecule has 164 valence electrons. The van der Waals surface area contributed by atoms with Crippen molar-refractivity contribution < 1.29 is 4.84 Å². The Kier molecular flexibility index (Phi) is 6.95. The summed E-state index contributed by atoms with van der Waals surface area (Å²) in [5, 5.41) is 18.7. The molecule has 2 aromatic heterocycles. The highest BCUT2D eigenvalue weighted by Crippen LogP contribution is 2.23. The predicted octanol–water partition coefficient (Wildman–Crippen LogP) is 3.74. The molecule has 1 aliphatic heterocycles. The van der Waals surface area contributed by atoms with Gasteiger partial charge in [-0.1, -0.05) is 18.2 Å². The number of hydroxylamine groups is 2. The molecular weight excluding hydrogens is 400 g/mol. The molecule has 0 radical (unpaired) electrons. The third kappa shape index (κ3) is 4.88. The van der Waals surface area contributed by atoms with E-state index in [9.17, 15) is 5.26 Å². The molecule has 3 aromatic rings. The Morgan fingerprint density at radius 1 is 1.22 bits per heavy atom. The van der Waals surface area contributed by atoms with Crippen molar-refractivity contribution >= 4 is 22.8 Å². The first kappa shape index (κ1) is 21.8. The second-order valence-electron chi connectivity index (χ2n) is 8.06. The Hall–Kier alpha value is -3.47. The molecule has 1 aromatic carbocycles. The van der Waals surface area contributed by atoms with Crippen molar-refractivity contribution in [2.24, 2.45) is 11.7 Å². The molecule has 0 saturated carbocycles. The van der Waals surface area contributed by atoms with Crippen LogP contribution in [0.3, 0.4) is 0 Å². The van der Waals surface area contributed by atoms with Crippen LogP contribution in [0.15, 0.2) is 54.9 Å². The van der Waals surface area contributed by atoms with Gasteiger partial charge in [0.1, 0.15) is 0 Å². The molecule has 0 amide bonds. The van der Waals surface area contributed by atoms with E-state index in [2.05, 4.69) is 32.9 Å². The fraction of sp³-hybridized carbons (Fsp3) is 0.320. The number of nitrogens with zero attached hydrogens (tertiary/aromatic N) is 4. The summed E-state index contributed by atoms with van der Waals surface area (Å²) in [7, 11) is 0. The molecule has 7 nitrogen and oxygen atoms in total. The van der Waals surface area contributed by atoms with Gasteiger partial charge < -0.3 is 15.7 Å². The van der Waals surface area contributed by atoms with Gasteiger partial charge in [0.2, 0.25) is 0 Å². The van der Waals surface area contributed by atoms with Crippen molar-refractivity contribution in [3.05, 3.63) is 71.7 Å². The lowest BCUT2D eigenvalue weighted by Crippen LogP contribution is -2.35. The minimum Gasteiger partial charge on any atom is -0.404 e. The van der Waals surface area contributed by atoms with Crippen LogP contribution < -0.4 is 5.73 Å². The zero-order chi connectivity index (χ0) is 22.3. The van der Waals surface area contributed by atoms with Crippen molar-refractivity contribution in [2.45, 2.75) is 25.8 Å². The molecule has 1 fully saturated rings. The number of nitrogens with one attached hydrogen (secondary N) is 1. The molecule has 0 atom stereocenters. The summed E-state index contributed by atoms with van der Waals surface area (Å²) in [5.74, 6) is 0.588. The van der Waals surface area contributed by atoms with Crippen LogP contribution in [-0.4, -0.2) is 40.5 Å². The van der Waals surface area contributed by atoms with Crippen molar-refractivity contribution in [3.63, 3.8) is 0 Å². The number of fused-ring (bicyclic) bond motifs is 1. The van der Waals surface area contributed by atoms with Crippen LogP contribution >= 0.6 is 0 Å². The molecule has 1 aliphatic rings. The number of piperidine rings is 1. The van der Waals surface area contributed by atoms with Gasteiger partial charge in [-0.25, -0.2) is 4.98 Å². The summed E-state index contributed by atoms with van der Waals surface area (Å²) in [6.07, 6.45) is 7.63. The maximum absolute atomic E-state index is 9.20. The van der Waals surface area contributed by atoms with E-state index in [0.717, 1.165) is 66.8 Å². The quantitative estimate of drug-likeness (QED) is 0.532. The fourth-order valence-electron chi connectivity index (χ4n) is 4.23. The van der Waals surface area contributed by atoms with Gasteiger partial charge in [0.25, 0.3) is 0 Å². The number of benzene rings is 1. The summed E-state index contributed by atoms with van der Waals surface area (Å²) < 4.78 is 2.27. The molecule has 32 heavy (non-hydrogen) atoms. The average Bonchev–Trinajstić information content (AvgIpc) is 3.23. The van der Waals surface area contributed by atoms with Crippen molar-refractivity contribution in [1.29, 1.82) is 10.7 Å². The zero-order valence-corrected chi connectivity index (χ0v) is 18.1. The topological polar surface area (TPSA) is 104 Å². The second kappa shape index (κ2) is 10.2. The lowest BCUT2D eigenvalue weighted by Gasteiger charge is -2.31. The molecule has 3 heterocycles. The highest BCUT2D eigenvalue weighted by molar-refractivity contribution is 6.07. The van der Waals surface area contributed by atoms with E-state index in [1.807, 2.05) is 36.4 Å². The van der Waals surface area contributed by atoms with Crippen LogP contribution in [0.5, 0.6) is 0 Å². The fourth-order valence-corrected chi connectivity index (χ4v) is 4.23. The number of hydrogen-bond acceptors (Lipinski definition) is 6. The van der Waals surface area contributed by atoms with Crippen LogP contribution in [0.4, 0.5) is 0 Å². The standard InChI is InChI=1S/C25H28N6O/c26-15-21-4-2-1-3-20(21)10-14-32-31-12-7-19(8-13-31)18-30-11-9-24-25(30)6-5-23(29-24)22(16-27)17-28/h1-6,9,11,16-17,19,27H,7-8,10,12-14,18,28H2/b22-17+,27-16?. The van der Waals surface area contributed by atoms with E-state index in [-0.39, 0.29) is 0 Å². The molecule has 3 N–H and O–H groups in total. The van der Waals surface area contributed by atoms with E-state index in [4.69, 9.17) is 16.0 Å². The van der Waals surface area contributed by atoms with Crippen LogP contribution in [0, 0.1) is 22.7 Å². The SMILES string of the molecule is N#Cc1ccccc1CCON1CCC(Cn2ccc3nc(/C(C=N)=C/N)ccc32)CC1. The van der Waals surface area contributed by atoms with Gasteiger partial charge in [-0.15, -0.1) is 0 Å². The first-order valence-corrected chi connectivity index (χ1v) is 11.0. The first-order valence-electron chi connectivity index (χ1n) is 11.0. The second-order valence-corrected chi connectivity index (χ2v) is 8.06. The van der Waals surface area contributed by atoms with E-state index in [1.165, 1.54) is 12.4 Å². The molecule has 0 aliphatic carbocycles. The average molecular weight is 429 g/mol. The Balaban J connectivity index is 1.28. The lowest BCUT2D eigenvalue weighted by atomic mass is 9.98. The molecule has 0 unspecified atom stereocenters. The normalized spacial score (nSPS) is 15.7. The van der Waals surface area contributed by atoms with Crippen molar-refractivity contribution in [1.82, 2.24) is 14.6 Å². The van der Waals surface area contributed by atoms with Gasteiger partial charge in [-0.2, -0.15) is 10.3 Å². The molecule has 0 bridgehead atoms. The minimum atomic E-state index is 0.588. The number of rotatable bonds is 8. The summed E-state index contributed by atoms with van der Waals surface area (Å²) >= 11 is 0. The maximum atomic E-state index is 9.20. The zero-order valence-electron chi connectivity index (χ0n) is 18.1. The third-order valence-corrected chi connectivity index (χ3v) is 6.07. The first-order chi connectivity index (χ1) is 15.7. The van der Waals surface area contributed by atoms with Crippen molar-refractivity contribution in [2.75, 3.05) is 19.7 Å². The summed E-state index contributed by atoms with van der Waals surface area (Å²) in [6.45, 7) is 3.37. The molecular formula is C25H28N6O. The van der Waals surface area contributed by atoms with Crippen LogP contribution in [0.25, 0.3) is 16.6 Å². The third-order valence-electron chi connectivity index (χ3n) is 6.07. The number of allylic oxidation sites excluding steroid dienone is 1.